The van der Waals surface area contributed by atoms with E-state index in [4.69, 9.17) is 18.9 Å². The number of carbonyl (C=O) groups excluding carboxylic acids is 2. The number of fused-ring (bicyclic) bond motifs is 1. The van der Waals surface area contributed by atoms with Gasteiger partial charge in [-0.1, -0.05) is 18.2 Å². The van der Waals surface area contributed by atoms with Gasteiger partial charge in [0, 0.05) is 37.2 Å². The van der Waals surface area contributed by atoms with Crippen molar-refractivity contribution in [1.82, 2.24) is 10.2 Å². The SMILES string of the molecule is CC(C)(C)OC(=O)N1CCC(c2ccc(F)c(CC(=O)NCc3c(F)cccc3F)c2)C(COc2ccc3c(c2)OCO3)C1. The molecule has 1 N–H and O–H groups in total. The standard InChI is InChI=1S/C33H35F3N2O6/c1-33(2,3)44-32(40)38-12-11-24(22(17-38)18-41-23-8-10-29-30(15-23)43-19-42-29)20-7-9-26(34)21(13-20)14-31(39)37-16-25-27(35)5-4-6-28(25)36/h4-10,13,15,22,24H,11-12,14,16-19H2,1-3H3,(H,37,39). The first-order valence-electron chi connectivity index (χ1n) is 14.4. The third-order valence-corrected chi connectivity index (χ3v) is 7.57. The van der Waals surface area contributed by atoms with Crippen molar-refractivity contribution < 1.29 is 41.7 Å². The maximum Gasteiger partial charge on any atom is 0.410 e. The van der Waals surface area contributed by atoms with Crippen molar-refractivity contribution in [3.8, 4) is 17.2 Å². The number of halogens is 3. The summed E-state index contributed by atoms with van der Waals surface area (Å²) in [5, 5.41) is 2.47. The number of nitrogens with one attached hydrogen (secondary N) is 1. The summed E-state index contributed by atoms with van der Waals surface area (Å²) >= 11 is 0. The van der Waals surface area contributed by atoms with Crippen LogP contribution >= 0.6 is 0 Å². The molecule has 1 saturated heterocycles. The molecule has 0 aliphatic carbocycles. The molecule has 2 aliphatic heterocycles. The number of piperidine rings is 1. The quantitative estimate of drug-likeness (QED) is 0.331. The molecule has 1 fully saturated rings. The van der Waals surface area contributed by atoms with Gasteiger partial charge in [0.2, 0.25) is 12.7 Å². The van der Waals surface area contributed by atoms with Crippen LogP contribution in [0.2, 0.25) is 0 Å². The molecular formula is C33H35F3N2O6. The van der Waals surface area contributed by atoms with E-state index in [2.05, 4.69) is 5.32 Å². The number of rotatable bonds is 8. The molecule has 2 aliphatic rings. The normalized spacial score (nSPS) is 17.7. The van der Waals surface area contributed by atoms with E-state index in [1.807, 2.05) is 0 Å². The van der Waals surface area contributed by atoms with Gasteiger partial charge in [0.05, 0.1) is 13.0 Å². The third kappa shape index (κ3) is 7.56. The van der Waals surface area contributed by atoms with Gasteiger partial charge < -0.3 is 29.2 Å². The Bertz CT molecular complexity index is 1510. The molecule has 0 bridgehead atoms. The molecule has 0 aromatic heterocycles. The largest absolute Gasteiger partial charge is 0.493 e. The molecule has 2 atom stereocenters. The van der Waals surface area contributed by atoms with E-state index in [0.717, 1.165) is 17.7 Å². The fraction of sp³-hybridized carbons (Fsp3) is 0.394. The molecule has 11 heteroatoms. The molecule has 2 unspecified atom stereocenters. The Kier molecular flexibility index (Phi) is 9.22. The lowest BCUT2D eigenvalue weighted by Gasteiger charge is -2.39. The predicted molar refractivity (Wildman–Crippen MR) is 155 cm³/mol. The second kappa shape index (κ2) is 13.1. The number of carbonyl (C=O) groups is 2. The Balaban J connectivity index is 1.31. The van der Waals surface area contributed by atoms with Gasteiger partial charge in [0.1, 0.15) is 28.8 Å². The minimum Gasteiger partial charge on any atom is -0.493 e. The zero-order chi connectivity index (χ0) is 31.4. The van der Waals surface area contributed by atoms with Crippen molar-refractivity contribution in [2.75, 3.05) is 26.5 Å². The van der Waals surface area contributed by atoms with Crippen molar-refractivity contribution in [1.29, 1.82) is 0 Å². The van der Waals surface area contributed by atoms with Crippen LogP contribution in [0, 0.1) is 23.4 Å². The Morgan fingerprint density at radius 1 is 0.977 bits per heavy atom. The topological polar surface area (TPSA) is 86.3 Å². The van der Waals surface area contributed by atoms with E-state index in [-0.39, 0.29) is 49.3 Å². The Hall–Kier alpha value is -4.41. The first-order valence-corrected chi connectivity index (χ1v) is 14.4. The maximum atomic E-state index is 14.9. The Morgan fingerprint density at radius 3 is 2.48 bits per heavy atom. The Morgan fingerprint density at radius 2 is 1.73 bits per heavy atom. The molecule has 5 rings (SSSR count). The zero-order valence-corrected chi connectivity index (χ0v) is 24.8. The van der Waals surface area contributed by atoms with Crippen molar-refractivity contribution in [3.05, 3.63) is 88.7 Å². The van der Waals surface area contributed by atoms with E-state index >= 15 is 0 Å². The summed E-state index contributed by atoms with van der Waals surface area (Å²) in [5.74, 6) is -1.23. The highest BCUT2D eigenvalue weighted by Gasteiger charge is 2.35. The first-order chi connectivity index (χ1) is 21.0. The van der Waals surface area contributed by atoms with Gasteiger partial charge in [0.25, 0.3) is 0 Å². The molecule has 234 valence electrons. The summed E-state index contributed by atoms with van der Waals surface area (Å²) in [6.45, 7) is 6.20. The van der Waals surface area contributed by atoms with E-state index in [0.29, 0.717) is 36.8 Å². The van der Waals surface area contributed by atoms with Crippen LogP contribution in [-0.2, 0) is 22.5 Å². The van der Waals surface area contributed by atoms with Crippen LogP contribution in [0.15, 0.2) is 54.6 Å². The average molecular weight is 613 g/mol. The Labute approximate surface area is 254 Å². The molecular weight excluding hydrogens is 577 g/mol. The zero-order valence-electron chi connectivity index (χ0n) is 24.8. The molecule has 0 saturated carbocycles. The summed E-state index contributed by atoms with van der Waals surface area (Å²) in [7, 11) is 0. The van der Waals surface area contributed by atoms with E-state index in [9.17, 15) is 22.8 Å². The van der Waals surface area contributed by atoms with Gasteiger partial charge in [0.15, 0.2) is 11.5 Å². The highest BCUT2D eigenvalue weighted by molar-refractivity contribution is 5.78. The van der Waals surface area contributed by atoms with Crippen LogP contribution in [0.1, 0.15) is 49.8 Å². The lowest BCUT2D eigenvalue weighted by molar-refractivity contribution is -0.120. The van der Waals surface area contributed by atoms with Crippen LogP contribution in [0.25, 0.3) is 0 Å². The lowest BCUT2D eigenvalue weighted by Crippen LogP contribution is -2.46. The van der Waals surface area contributed by atoms with Gasteiger partial charge in [-0.25, -0.2) is 18.0 Å². The van der Waals surface area contributed by atoms with Crippen molar-refractivity contribution in [2.45, 2.75) is 51.7 Å². The summed E-state index contributed by atoms with van der Waals surface area (Å²) < 4.78 is 65.4. The van der Waals surface area contributed by atoms with Gasteiger partial charge in [-0.3, -0.25) is 4.79 Å². The second-order valence-corrected chi connectivity index (χ2v) is 11.9. The first kappa shape index (κ1) is 31.0. The minimum atomic E-state index is -0.773. The highest BCUT2D eigenvalue weighted by Crippen LogP contribution is 2.38. The molecule has 0 spiro atoms. The van der Waals surface area contributed by atoms with Crippen LogP contribution < -0.4 is 19.5 Å². The summed E-state index contributed by atoms with van der Waals surface area (Å²) in [6, 6.07) is 13.4. The molecule has 8 nitrogen and oxygen atoms in total. The number of likely N-dealkylation sites (tertiary alicyclic amines) is 1. The molecule has 3 aromatic carbocycles. The predicted octanol–water partition coefficient (Wildman–Crippen LogP) is 6.11. The number of hydrogen-bond acceptors (Lipinski definition) is 6. The van der Waals surface area contributed by atoms with Crippen molar-refractivity contribution in [2.24, 2.45) is 5.92 Å². The van der Waals surface area contributed by atoms with Gasteiger partial charge >= 0.3 is 6.09 Å². The van der Waals surface area contributed by atoms with E-state index in [1.165, 1.54) is 12.1 Å². The number of ether oxygens (including phenoxy) is 4. The lowest BCUT2D eigenvalue weighted by atomic mass is 9.80. The van der Waals surface area contributed by atoms with Gasteiger partial charge in [-0.15, -0.1) is 0 Å². The van der Waals surface area contributed by atoms with Crippen molar-refractivity contribution in [3.63, 3.8) is 0 Å². The van der Waals surface area contributed by atoms with E-state index in [1.54, 1.807) is 56.0 Å². The van der Waals surface area contributed by atoms with Crippen molar-refractivity contribution >= 4 is 12.0 Å². The van der Waals surface area contributed by atoms with Gasteiger partial charge in [-0.2, -0.15) is 0 Å². The van der Waals surface area contributed by atoms with E-state index < -0.39 is 35.1 Å². The minimum absolute atomic E-state index is 0.127. The molecule has 0 radical (unpaired) electrons. The van der Waals surface area contributed by atoms with Crippen LogP contribution in [0.4, 0.5) is 18.0 Å². The fourth-order valence-corrected chi connectivity index (χ4v) is 5.39. The van der Waals surface area contributed by atoms with Crippen LogP contribution in [0.5, 0.6) is 17.2 Å². The smallest absolute Gasteiger partial charge is 0.410 e. The summed E-state index contributed by atoms with van der Waals surface area (Å²) in [5.41, 5.74) is 0.0188. The molecule has 44 heavy (non-hydrogen) atoms. The summed E-state index contributed by atoms with van der Waals surface area (Å²) in [4.78, 5) is 27.2. The number of benzene rings is 3. The third-order valence-electron chi connectivity index (χ3n) is 7.57. The van der Waals surface area contributed by atoms with Gasteiger partial charge in [-0.05, 0) is 74.6 Å². The monoisotopic (exact) mass is 612 g/mol. The highest BCUT2D eigenvalue weighted by atomic mass is 19.1. The molecule has 3 aromatic rings. The maximum absolute atomic E-state index is 14.9. The number of amides is 2. The number of hydrogen-bond donors (Lipinski definition) is 1. The summed E-state index contributed by atoms with van der Waals surface area (Å²) in [6.07, 6.45) is -0.185. The second-order valence-electron chi connectivity index (χ2n) is 11.9. The average Bonchev–Trinajstić information content (AvgIpc) is 3.44. The number of nitrogens with zero attached hydrogens (tertiary/aromatic N) is 1. The molecule has 2 amide bonds. The molecule has 2 heterocycles. The van der Waals surface area contributed by atoms with Crippen LogP contribution in [0.3, 0.4) is 0 Å². The van der Waals surface area contributed by atoms with Crippen LogP contribution in [-0.4, -0.2) is 49.0 Å². The fourth-order valence-electron chi connectivity index (χ4n) is 5.39.